The van der Waals surface area contributed by atoms with Gasteiger partial charge in [0.2, 0.25) is 5.66 Å². The lowest BCUT2D eigenvalue weighted by atomic mass is 10.0. The summed E-state index contributed by atoms with van der Waals surface area (Å²) in [6, 6.07) is 7.41. The largest absolute Gasteiger partial charge is 0.478 e. The molecule has 0 aromatic heterocycles. The molecule has 0 spiro atoms. The Bertz CT molecular complexity index is 590. The van der Waals surface area contributed by atoms with E-state index >= 15 is 0 Å². The highest BCUT2D eigenvalue weighted by Gasteiger charge is 2.39. The minimum atomic E-state index is -1.29. The molecule has 2 rings (SSSR count). The molecule has 1 N–H and O–H groups in total. The lowest BCUT2D eigenvalue weighted by Gasteiger charge is -2.17. The number of nitrogens with zero attached hydrogens (tertiary/aromatic N) is 2. The Morgan fingerprint density at radius 3 is 1.87 bits per heavy atom. The second-order valence-electron chi connectivity index (χ2n) is 6.41. The fraction of sp³-hybridized carbons (Fsp3) is 0.632. The molecular formula is C19H28N2O2. The molecule has 1 aromatic rings. The Kier molecular flexibility index (Phi) is 6.75. The number of hydrogen-bond donors (Lipinski definition) is 1. The van der Waals surface area contributed by atoms with Crippen molar-refractivity contribution in [3.8, 4) is 0 Å². The Labute approximate surface area is 138 Å². The summed E-state index contributed by atoms with van der Waals surface area (Å²) in [7, 11) is 0. The van der Waals surface area contributed by atoms with Crippen LogP contribution in [0.25, 0.3) is 0 Å². The standard InChI is InChI=1S/C19H28N2O2/c1-2-3-4-5-6-7-8-9-12-15-19(18(22)23)20-16-13-10-11-14-17(16)21-19/h10-11,13-14H,2-9,12,15H2,1H3,(H,22,23). The Morgan fingerprint density at radius 1 is 0.913 bits per heavy atom. The molecule has 4 heteroatoms. The second kappa shape index (κ2) is 8.80. The summed E-state index contributed by atoms with van der Waals surface area (Å²) in [6.45, 7) is 2.23. The molecule has 1 aliphatic heterocycles. The van der Waals surface area contributed by atoms with Crippen LogP contribution in [0.4, 0.5) is 0 Å². The molecule has 0 radical (unpaired) electrons. The monoisotopic (exact) mass is 316 g/mol. The van der Waals surface area contributed by atoms with E-state index in [1.54, 1.807) is 0 Å². The van der Waals surface area contributed by atoms with Crippen molar-refractivity contribution in [2.24, 2.45) is 9.98 Å². The molecule has 1 aliphatic rings. The maximum absolute atomic E-state index is 11.7. The predicted octanol–water partition coefficient (Wildman–Crippen LogP) is 3.64. The van der Waals surface area contributed by atoms with Gasteiger partial charge in [-0.25, -0.2) is 14.8 Å². The van der Waals surface area contributed by atoms with Crippen molar-refractivity contribution in [2.45, 2.75) is 76.8 Å². The second-order valence-corrected chi connectivity index (χ2v) is 6.41. The average Bonchev–Trinajstić information content (AvgIpc) is 2.93. The zero-order valence-corrected chi connectivity index (χ0v) is 14.1. The van der Waals surface area contributed by atoms with Crippen LogP contribution in [0, 0.1) is 0 Å². The van der Waals surface area contributed by atoms with Crippen molar-refractivity contribution < 1.29 is 9.90 Å². The van der Waals surface area contributed by atoms with Gasteiger partial charge >= 0.3 is 5.97 Å². The number of rotatable bonds is 11. The number of carboxylic acids is 1. The van der Waals surface area contributed by atoms with Gasteiger partial charge in [0.05, 0.1) is 10.7 Å². The summed E-state index contributed by atoms with van der Waals surface area (Å²) < 4.78 is 0. The maximum Gasteiger partial charge on any atom is 0.354 e. The van der Waals surface area contributed by atoms with Gasteiger partial charge in [0.15, 0.2) is 0 Å². The quantitative estimate of drug-likeness (QED) is 0.634. The van der Waals surface area contributed by atoms with Crippen LogP contribution in [0.1, 0.15) is 71.1 Å². The van der Waals surface area contributed by atoms with E-state index in [2.05, 4.69) is 16.9 Å². The van der Waals surface area contributed by atoms with Crippen molar-refractivity contribution in [3.63, 3.8) is 0 Å². The highest BCUT2D eigenvalue weighted by molar-refractivity contribution is 5.79. The van der Waals surface area contributed by atoms with Crippen molar-refractivity contribution in [1.82, 2.24) is 0 Å². The molecule has 4 nitrogen and oxygen atoms in total. The predicted molar refractivity (Wildman–Crippen MR) is 91.0 cm³/mol. The summed E-state index contributed by atoms with van der Waals surface area (Å²) in [4.78, 5) is 20.4. The smallest absolute Gasteiger partial charge is 0.354 e. The zero-order valence-electron chi connectivity index (χ0n) is 14.1. The lowest BCUT2D eigenvalue weighted by Crippen LogP contribution is -2.34. The van der Waals surface area contributed by atoms with Crippen LogP contribution >= 0.6 is 0 Å². The number of fused-ring (bicyclic) bond motifs is 1. The van der Waals surface area contributed by atoms with Crippen molar-refractivity contribution in [2.75, 3.05) is 0 Å². The number of hydrogen-bond acceptors (Lipinski definition) is 3. The van der Waals surface area contributed by atoms with E-state index in [1.165, 1.54) is 44.9 Å². The fourth-order valence-electron chi connectivity index (χ4n) is 3.07. The average molecular weight is 316 g/mol. The third kappa shape index (κ3) is 4.88. The number of carbonyl (C=O) groups is 1. The first-order chi connectivity index (χ1) is 11.2. The third-order valence-corrected chi connectivity index (χ3v) is 4.46. The van der Waals surface area contributed by atoms with Gasteiger partial charge < -0.3 is 5.11 Å². The van der Waals surface area contributed by atoms with Gasteiger partial charge in [0, 0.05) is 6.42 Å². The number of para-hydroxylation sites is 2. The molecule has 0 bridgehead atoms. The molecule has 0 unspecified atom stereocenters. The van der Waals surface area contributed by atoms with Crippen LogP contribution in [-0.2, 0) is 4.79 Å². The normalized spacial score (nSPS) is 14.8. The van der Waals surface area contributed by atoms with Gasteiger partial charge in [-0.3, -0.25) is 0 Å². The molecule has 126 valence electrons. The first-order valence-corrected chi connectivity index (χ1v) is 8.96. The van der Waals surface area contributed by atoms with Gasteiger partial charge in [0.25, 0.3) is 0 Å². The first-order valence-electron chi connectivity index (χ1n) is 8.96. The first kappa shape index (κ1) is 17.6. The van der Waals surface area contributed by atoms with Crippen molar-refractivity contribution in [3.05, 3.63) is 35.0 Å². The van der Waals surface area contributed by atoms with Gasteiger partial charge in [-0.1, -0.05) is 70.4 Å². The molecule has 0 aliphatic carbocycles. The highest BCUT2D eigenvalue weighted by atomic mass is 16.4. The minimum absolute atomic E-state index is 0.493. The highest BCUT2D eigenvalue weighted by Crippen LogP contribution is 2.23. The van der Waals surface area contributed by atoms with E-state index in [0.29, 0.717) is 17.1 Å². The molecule has 1 heterocycles. The van der Waals surface area contributed by atoms with Crippen LogP contribution in [-0.4, -0.2) is 16.7 Å². The summed E-state index contributed by atoms with van der Waals surface area (Å²) in [5.74, 6) is -0.937. The number of benzene rings is 1. The van der Waals surface area contributed by atoms with Gasteiger partial charge in [-0.05, 0) is 18.6 Å². The molecule has 0 fully saturated rings. The summed E-state index contributed by atoms with van der Waals surface area (Å²) >= 11 is 0. The van der Waals surface area contributed by atoms with E-state index in [4.69, 9.17) is 0 Å². The Balaban J connectivity index is 1.75. The third-order valence-electron chi connectivity index (χ3n) is 4.46. The molecule has 23 heavy (non-hydrogen) atoms. The van der Waals surface area contributed by atoms with E-state index in [1.807, 2.05) is 24.3 Å². The van der Waals surface area contributed by atoms with E-state index in [-0.39, 0.29) is 0 Å². The molecule has 1 aromatic carbocycles. The Morgan fingerprint density at radius 2 is 1.39 bits per heavy atom. The summed E-state index contributed by atoms with van der Waals surface area (Å²) in [5.41, 5.74) is -1.29. The topological polar surface area (TPSA) is 62.0 Å². The molecule has 0 saturated heterocycles. The van der Waals surface area contributed by atoms with Gasteiger partial charge in [-0.15, -0.1) is 0 Å². The summed E-state index contributed by atoms with van der Waals surface area (Å²) in [6.07, 6.45) is 11.4. The molecule has 0 saturated carbocycles. The van der Waals surface area contributed by atoms with E-state index in [0.717, 1.165) is 12.8 Å². The van der Waals surface area contributed by atoms with Gasteiger partial charge in [-0.2, -0.15) is 0 Å². The van der Waals surface area contributed by atoms with Crippen LogP contribution in [0.2, 0.25) is 0 Å². The zero-order chi connectivity index (χ0) is 16.5. The Hall–Kier alpha value is -1.71. The van der Waals surface area contributed by atoms with Gasteiger partial charge in [0.1, 0.15) is 0 Å². The lowest BCUT2D eigenvalue weighted by molar-refractivity contribution is -0.143. The maximum atomic E-state index is 11.7. The molecule has 0 amide bonds. The number of unbranched alkanes of at least 4 members (excludes halogenated alkanes) is 8. The number of carboxylic acid groups (broad SMARTS) is 1. The molecular weight excluding hydrogens is 288 g/mol. The van der Waals surface area contributed by atoms with Crippen LogP contribution in [0.3, 0.4) is 0 Å². The fourth-order valence-corrected chi connectivity index (χ4v) is 3.07. The van der Waals surface area contributed by atoms with Crippen LogP contribution < -0.4 is 10.7 Å². The van der Waals surface area contributed by atoms with E-state index < -0.39 is 11.6 Å². The van der Waals surface area contributed by atoms with Crippen LogP contribution in [0.15, 0.2) is 34.3 Å². The summed E-state index contributed by atoms with van der Waals surface area (Å²) in [5, 5.41) is 11.0. The number of aliphatic carboxylic acids is 1. The SMILES string of the molecule is CCCCCCCCCCCC1(C(=O)O)N=c2ccccc2=N1. The van der Waals surface area contributed by atoms with Crippen LogP contribution in [0.5, 0.6) is 0 Å². The molecule has 0 atom stereocenters. The minimum Gasteiger partial charge on any atom is -0.478 e. The van der Waals surface area contributed by atoms with Crippen molar-refractivity contribution >= 4 is 5.97 Å². The van der Waals surface area contributed by atoms with Crippen molar-refractivity contribution in [1.29, 1.82) is 0 Å². The van der Waals surface area contributed by atoms with E-state index in [9.17, 15) is 9.90 Å².